The molecule has 198 valence electrons. The van der Waals surface area contributed by atoms with Crippen LogP contribution in [0, 0.1) is 5.92 Å². The number of fused-ring (bicyclic) bond motifs is 1. The summed E-state index contributed by atoms with van der Waals surface area (Å²) < 4.78 is 30.0. The molecule has 3 heterocycles. The Labute approximate surface area is 218 Å². The first-order chi connectivity index (χ1) is 18.0. The highest BCUT2D eigenvalue weighted by atomic mass is 32.2. The van der Waals surface area contributed by atoms with E-state index >= 15 is 0 Å². The highest BCUT2D eigenvalue weighted by Crippen LogP contribution is 2.37. The number of hydrogen-bond donors (Lipinski definition) is 3. The fourth-order valence-electron chi connectivity index (χ4n) is 5.59. The third-order valence-corrected chi connectivity index (χ3v) is 9.96. The second kappa shape index (κ2) is 10.3. The minimum Gasteiger partial charge on any atom is -0.393 e. The molecule has 2 saturated carbocycles. The second-order valence-corrected chi connectivity index (χ2v) is 12.6. The van der Waals surface area contributed by atoms with Gasteiger partial charge >= 0.3 is 0 Å². The van der Waals surface area contributed by atoms with E-state index in [-0.39, 0.29) is 12.1 Å². The van der Waals surface area contributed by atoms with Crippen molar-refractivity contribution in [3.8, 4) is 11.1 Å². The van der Waals surface area contributed by atoms with Crippen molar-refractivity contribution in [3.05, 3.63) is 36.7 Å². The number of sulfonamides is 1. The molecule has 3 fully saturated rings. The van der Waals surface area contributed by atoms with E-state index in [1.807, 2.05) is 18.3 Å². The molecule has 0 unspecified atom stereocenters. The standard InChI is InChI=1S/C27H36N6O3S/c34-22-7-5-21(6-8-22)33-18-25(24-17-30-27(31-26(24)33)29-12-11-19-1-2-19)20-3-9-23(10-4-20)37(35,36)32-15-13-28-14-16-32/h3-4,9-10,17-19,21-22,28,34H,1-2,5-8,11-16H2,(H,29,30,31)/t21-,22-. The number of rotatable bonds is 8. The van der Waals surface area contributed by atoms with Crippen molar-refractivity contribution in [2.75, 3.05) is 38.0 Å². The van der Waals surface area contributed by atoms with Crippen LogP contribution in [0.4, 0.5) is 5.95 Å². The molecule has 9 nitrogen and oxygen atoms in total. The van der Waals surface area contributed by atoms with Gasteiger partial charge in [0.15, 0.2) is 0 Å². The van der Waals surface area contributed by atoms with Gasteiger partial charge in [-0.2, -0.15) is 9.29 Å². The van der Waals surface area contributed by atoms with Crippen molar-refractivity contribution in [2.45, 2.75) is 62.0 Å². The fourth-order valence-corrected chi connectivity index (χ4v) is 7.04. The lowest BCUT2D eigenvalue weighted by Gasteiger charge is -2.27. The van der Waals surface area contributed by atoms with Gasteiger partial charge in [-0.1, -0.05) is 25.0 Å². The first kappa shape index (κ1) is 24.8. The molecule has 0 amide bonds. The van der Waals surface area contributed by atoms with Crippen LogP contribution in [0.1, 0.15) is 51.0 Å². The number of anilines is 1. The summed E-state index contributed by atoms with van der Waals surface area (Å²) >= 11 is 0. The average molecular weight is 525 g/mol. The monoisotopic (exact) mass is 524 g/mol. The number of nitrogens with zero attached hydrogens (tertiary/aromatic N) is 4. The van der Waals surface area contributed by atoms with Crippen LogP contribution < -0.4 is 10.6 Å². The molecule has 0 radical (unpaired) electrons. The molecule has 6 rings (SSSR count). The molecule has 2 aliphatic carbocycles. The van der Waals surface area contributed by atoms with Gasteiger partial charge < -0.3 is 20.3 Å². The van der Waals surface area contributed by atoms with Gasteiger partial charge in [0.2, 0.25) is 16.0 Å². The summed E-state index contributed by atoms with van der Waals surface area (Å²) in [6.07, 6.45) is 11.0. The van der Waals surface area contributed by atoms with Gasteiger partial charge in [0, 0.05) is 62.1 Å². The molecule has 3 aliphatic rings. The van der Waals surface area contributed by atoms with E-state index < -0.39 is 10.0 Å². The van der Waals surface area contributed by atoms with Gasteiger partial charge in [0.25, 0.3) is 0 Å². The minimum atomic E-state index is -3.51. The Balaban J connectivity index is 1.32. The Hall–Kier alpha value is -2.53. The van der Waals surface area contributed by atoms with Crippen LogP contribution in [-0.2, 0) is 10.0 Å². The molecular weight excluding hydrogens is 488 g/mol. The summed E-state index contributed by atoms with van der Waals surface area (Å²) in [5.74, 6) is 1.49. The van der Waals surface area contributed by atoms with Crippen molar-refractivity contribution < 1.29 is 13.5 Å². The molecule has 3 aromatic rings. The van der Waals surface area contributed by atoms with E-state index in [0.29, 0.717) is 37.0 Å². The maximum absolute atomic E-state index is 13.1. The summed E-state index contributed by atoms with van der Waals surface area (Å²) in [4.78, 5) is 9.86. The van der Waals surface area contributed by atoms with Crippen molar-refractivity contribution in [1.29, 1.82) is 0 Å². The number of aliphatic hydroxyl groups is 1. The van der Waals surface area contributed by atoms with Gasteiger partial charge in [-0.15, -0.1) is 0 Å². The van der Waals surface area contributed by atoms with Gasteiger partial charge in [-0.05, 0) is 55.7 Å². The molecule has 0 spiro atoms. The van der Waals surface area contributed by atoms with Crippen LogP contribution in [0.3, 0.4) is 0 Å². The van der Waals surface area contributed by atoms with Gasteiger partial charge in [-0.3, -0.25) is 0 Å². The smallest absolute Gasteiger partial charge is 0.243 e. The first-order valence-corrected chi connectivity index (χ1v) is 15.0. The van der Waals surface area contributed by atoms with Crippen molar-refractivity contribution in [3.63, 3.8) is 0 Å². The maximum atomic E-state index is 13.1. The molecule has 1 aliphatic heterocycles. The number of aliphatic hydroxyl groups excluding tert-OH is 1. The Morgan fingerprint density at radius 1 is 1.03 bits per heavy atom. The molecule has 10 heteroatoms. The Morgan fingerprint density at radius 3 is 2.46 bits per heavy atom. The highest BCUT2D eigenvalue weighted by Gasteiger charge is 2.27. The van der Waals surface area contributed by atoms with Crippen molar-refractivity contribution in [1.82, 2.24) is 24.2 Å². The minimum absolute atomic E-state index is 0.225. The van der Waals surface area contributed by atoms with Crippen LogP contribution in [-0.4, -0.2) is 71.2 Å². The average Bonchev–Trinajstić information content (AvgIpc) is 3.68. The summed E-state index contributed by atoms with van der Waals surface area (Å²) in [6, 6.07) is 7.46. The molecule has 1 aromatic carbocycles. The van der Waals surface area contributed by atoms with E-state index in [4.69, 9.17) is 4.98 Å². The lowest BCUT2D eigenvalue weighted by molar-refractivity contribution is 0.111. The van der Waals surface area contributed by atoms with E-state index in [2.05, 4.69) is 26.4 Å². The third kappa shape index (κ3) is 5.25. The van der Waals surface area contributed by atoms with Crippen LogP contribution in [0.2, 0.25) is 0 Å². The summed E-state index contributed by atoms with van der Waals surface area (Å²) in [6.45, 7) is 3.20. The van der Waals surface area contributed by atoms with E-state index in [0.717, 1.165) is 66.7 Å². The quantitative estimate of drug-likeness (QED) is 0.414. The molecule has 0 bridgehead atoms. The Bertz CT molecular complexity index is 1340. The normalized spacial score (nSPS) is 23.4. The SMILES string of the molecule is O=S(=O)(c1ccc(-c2cn([C@H]3CC[C@H](O)CC3)c3nc(NCCC4CC4)ncc23)cc1)N1CCNCC1. The van der Waals surface area contributed by atoms with E-state index in [1.165, 1.54) is 12.8 Å². The fraction of sp³-hybridized carbons (Fsp3) is 0.556. The van der Waals surface area contributed by atoms with Gasteiger partial charge in [0.05, 0.1) is 11.0 Å². The van der Waals surface area contributed by atoms with Gasteiger partial charge in [0.1, 0.15) is 5.65 Å². The molecule has 2 aromatic heterocycles. The van der Waals surface area contributed by atoms with E-state index in [1.54, 1.807) is 16.4 Å². The van der Waals surface area contributed by atoms with Crippen LogP contribution in [0.25, 0.3) is 22.2 Å². The predicted octanol–water partition coefficient (Wildman–Crippen LogP) is 3.38. The Kier molecular flexibility index (Phi) is 6.91. The Morgan fingerprint density at radius 2 is 1.76 bits per heavy atom. The van der Waals surface area contributed by atoms with Crippen LogP contribution in [0.5, 0.6) is 0 Å². The number of piperazine rings is 1. The van der Waals surface area contributed by atoms with E-state index in [9.17, 15) is 13.5 Å². The van der Waals surface area contributed by atoms with Crippen molar-refractivity contribution >= 4 is 27.0 Å². The molecule has 37 heavy (non-hydrogen) atoms. The van der Waals surface area contributed by atoms with Crippen LogP contribution >= 0.6 is 0 Å². The number of aromatic nitrogens is 3. The molecular formula is C27H36N6O3S. The van der Waals surface area contributed by atoms with Crippen molar-refractivity contribution in [2.24, 2.45) is 5.92 Å². The number of nitrogens with one attached hydrogen (secondary N) is 2. The first-order valence-electron chi connectivity index (χ1n) is 13.6. The largest absolute Gasteiger partial charge is 0.393 e. The molecule has 1 saturated heterocycles. The summed E-state index contributed by atoms with van der Waals surface area (Å²) in [5.41, 5.74) is 2.83. The summed E-state index contributed by atoms with van der Waals surface area (Å²) in [7, 11) is -3.51. The lowest BCUT2D eigenvalue weighted by Crippen LogP contribution is -2.46. The van der Waals surface area contributed by atoms with Crippen LogP contribution in [0.15, 0.2) is 41.6 Å². The zero-order valence-corrected chi connectivity index (χ0v) is 22.0. The maximum Gasteiger partial charge on any atom is 0.243 e. The number of hydrogen-bond acceptors (Lipinski definition) is 7. The topological polar surface area (TPSA) is 112 Å². The molecule has 0 atom stereocenters. The predicted molar refractivity (Wildman–Crippen MR) is 144 cm³/mol. The second-order valence-electron chi connectivity index (χ2n) is 10.7. The summed E-state index contributed by atoms with van der Waals surface area (Å²) in [5, 5.41) is 17.6. The zero-order valence-electron chi connectivity index (χ0n) is 21.1. The molecule has 3 N–H and O–H groups in total. The zero-order chi connectivity index (χ0) is 25.4. The third-order valence-electron chi connectivity index (χ3n) is 8.04. The van der Waals surface area contributed by atoms with Gasteiger partial charge in [-0.25, -0.2) is 13.4 Å². The highest BCUT2D eigenvalue weighted by molar-refractivity contribution is 7.89. The number of benzene rings is 1. The lowest BCUT2D eigenvalue weighted by atomic mass is 9.93.